The fourth-order valence-corrected chi connectivity index (χ4v) is 5.08. The van der Waals surface area contributed by atoms with Crippen LogP contribution in [0.2, 0.25) is 0 Å². The third kappa shape index (κ3) is 4.37. The molecule has 1 N–H and O–H groups in total. The van der Waals surface area contributed by atoms with Crippen LogP contribution in [-0.2, 0) is 4.79 Å². The molecule has 1 atom stereocenters. The van der Waals surface area contributed by atoms with Crippen LogP contribution in [0.4, 0.5) is 5.13 Å². The molecule has 1 amide bonds. The van der Waals surface area contributed by atoms with Crippen molar-refractivity contribution < 1.29 is 4.79 Å². The summed E-state index contributed by atoms with van der Waals surface area (Å²) >= 11 is 4.66. The van der Waals surface area contributed by atoms with Crippen LogP contribution >= 0.6 is 34.9 Å². The van der Waals surface area contributed by atoms with Crippen molar-refractivity contribution in [2.45, 2.75) is 25.5 Å². The summed E-state index contributed by atoms with van der Waals surface area (Å²) in [7, 11) is 0. The van der Waals surface area contributed by atoms with E-state index in [4.69, 9.17) is 0 Å². The molecule has 8 heteroatoms. The van der Waals surface area contributed by atoms with Gasteiger partial charge in [-0.05, 0) is 19.4 Å². The van der Waals surface area contributed by atoms with Gasteiger partial charge in [0.25, 0.3) is 0 Å². The number of hydrogen-bond acceptors (Lipinski definition) is 7. The van der Waals surface area contributed by atoms with E-state index in [0.29, 0.717) is 5.13 Å². The molecule has 1 aliphatic rings. The number of nitrogens with zero attached hydrogens (tertiary/aromatic N) is 3. The average molecular weight is 379 g/mol. The van der Waals surface area contributed by atoms with Crippen molar-refractivity contribution in [3.8, 4) is 10.6 Å². The van der Waals surface area contributed by atoms with Gasteiger partial charge >= 0.3 is 0 Å². The number of aryl methyl sites for hydroxylation is 1. The number of aliphatic imine (C=N–C) groups is 1. The van der Waals surface area contributed by atoms with E-state index < -0.39 is 0 Å². The van der Waals surface area contributed by atoms with Crippen LogP contribution in [0.25, 0.3) is 10.6 Å². The minimum Gasteiger partial charge on any atom is -0.300 e. The summed E-state index contributed by atoms with van der Waals surface area (Å²) in [5.74, 6) is 0.973. The Balaban J connectivity index is 1.65. The summed E-state index contributed by atoms with van der Waals surface area (Å²) in [5.41, 5.74) is 2.19. The zero-order valence-corrected chi connectivity index (χ0v) is 15.9. The van der Waals surface area contributed by atoms with E-state index in [1.165, 1.54) is 16.9 Å². The van der Waals surface area contributed by atoms with E-state index in [2.05, 4.69) is 26.6 Å². The molecule has 0 bridgehead atoms. The summed E-state index contributed by atoms with van der Waals surface area (Å²) in [4.78, 5) is 16.9. The van der Waals surface area contributed by atoms with Gasteiger partial charge in [-0.25, -0.2) is 0 Å². The third-order valence-electron chi connectivity index (χ3n) is 3.38. The Labute approximate surface area is 153 Å². The smallest absolute Gasteiger partial charge is 0.239 e. The van der Waals surface area contributed by atoms with Crippen LogP contribution in [0.1, 0.15) is 18.9 Å². The van der Waals surface area contributed by atoms with Gasteiger partial charge in [0, 0.05) is 11.3 Å². The number of hydrogen-bond donors (Lipinski definition) is 1. The SMILES string of the molecule is CCC(SC1=NCCS1)C(=O)Nc1nnc(-c2cccc(C)c2)s1. The zero-order chi connectivity index (χ0) is 16.9. The Kier molecular flexibility index (Phi) is 5.91. The normalized spacial score (nSPS) is 15.2. The molecule has 0 fully saturated rings. The first-order valence-electron chi connectivity index (χ1n) is 7.71. The van der Waals surface area contributed by atoms with Gasteiger partial charge in [-0.1, -0.05) is 65.5 Å². The lowest BCUT2D eigenvalue weighted by Gasteiger charge is -2.12. The lowest BCUT2D eigenvalue weighted by Crippen LogP contribution is -2.25. The van der Waals surface area contributed by atoms with Gasteiger partial charge in [0.1, 0.15) is 9.38 Å². The molecular weight excluding hydrogens is 360 g/mol. The van der Waals surface area contributed by atoms with Crippen molar-refractivity contribution >= 4 is 50.3 Å². The highest BCUT2D eigenvalue weighted by Crippen LogP contribution is 2.30. The van der Waals surface area contributed by atoms with Crippen molar-refractivity contribution in [2.75, 3.05) is 17.6 Å². The number of anilines is 1. The fraction of sp³-hybridized carbons (Fsp3) is 0.375. The monoisotopic (exact) mass is 378 g/mol. The molecule has 126 valence electrons. The molecule has 24 heavy (non-hydrogen) atoms. The van der Waals surface area contributed by atoms with Crippen LogP contribution in [0.5, 0.6) is 0 Å². The number of amides is 1. The number of aromatic nitrogens is 2. The van der Waals surface area contributed by atoms with Crippen molar-refractivity contribution in [3.63, 3.8) is 0 Å². The molecular formula is C16H18N4OS3. The largest absolute Gasteiger partial charge is 0.300 e. The average Bonchev–Trinajstić information content (AvgIpc) is 3.24. The zero-order valence-electron chi connectivity index (χ0n) is 13.5. The highest BCUT2D eigenvalue weighted by molar-refractivity contribution is 8.39. The molecule has 2 heterocycles. The van der Waals surface area contributed by atoms with E-state index >= 15 is 0 Å². The number of rotatable bonds is 5. The Morgan fingerprint density at radius 1 is 1.42 bits per heavy atom. The first kappa shape index (κ1) is 17.4. The first-order chi connectivity index (χ1) is 11.7. The molecule has 0 aliphatic carbocycles. The minimum atomic E-state index is -0.152. The summed E-state index contributed by atoms with van der Waals surface area (Å²) < 4.78 is 1.01. The van der Waals surface area contributed by atoms with E-state index in [9.17, 15) is 4.79 Å². The maximum atomic E-state index is 12.5. The second-order valence-corrected chi connectivity index (χ2v) is 8.79. The lowest BCUT2D eigenvalue weighted by molar-refractivity contribution is -0.115. The molecule has 0 saturated carbocycles. The van der Waals surface area contributed by atoms with Gasteiger partial charge < -0.3 is 0 Å². The fourth-order valence-electron chi connectivity index (χ4n) is 2.19. The predicted octanol–water partition coefficient (Wildman–Crippen LogP) is 4.07. The molecule has 0 saturated heterocycles. The number of thioether (sulfide) groups is 2. The standard InChI is InChI=1S/C16H18N4OS3/c1-3-12(23-16-17-7-8-22-16)13(21)18-15-20-19-14(24-15)11-6-4-5-10(2)9-11/h4-6,9,12H,3,7-8H2,1-2H3,(H,18,20,21). The number of carbonyl (C=O) groups is 1. The Hall–Kier alpha value is -1.38. The maximum Gasteiger partial charge on any atom is 0.239 e. The summed E-state index contributed by atoms with van der Waals surface area (Å²) in [5, 5.41) is 12.4. The Bertz CT molecular complexity index is 759. The van der Waals surface area contributed by atoms with Gasteiger partial charge in [0.15, 0.2) is 0 Å². The Morgan fingerprint density at radius 2 is 2.29 bits per heavy atom. The van der Waals surface area contributed by atoms with Crippen molar-refractivity contribution in [1.82, 2.24) is 10.2 Å². The van der Waals surface area contributed by atoms with Gasteiger partial charge in [0.2, 0.25) is 11.0 Å². The molecule has 3 rings (SSSR count). The number of nitrogens with one attached hydrogen (secondary N) is 1. The molecule has 1 aromatic carbocycles. The molecule has 1 unspecified atom stereocenters. The van der Waals surface area contributed by atoms with Crippen LogP contribution in [0, 0.1) is 6.92 Å². The van der Waals surface area contributed by atoms with Gasteiger partial charge in [-0.15, -0.1) is 10.2 Å². The quantitative estimate of drug-likeness (QED) is 0.849. The summed E-state index contributed by atoms with van der Waals surface area (Å²) in [6, 6.07) is 8.10. The van der Waals surface area contributed by atoms with Crippen LogP contribution < -0.4 is 5.32 Å². The van der Waals surface area contributed by atoms with E-state index in [0.717, 1.165) is 33.7 Å². The third-order valence-corrected chi connectivity index (χ3v) is 6.84. The van der Waals surface area contributed by atoms with Crippen molar-refractivity contribution in [2.24, 2.45) is 4.99 Å². The first-order valence-corrected chi connectivity index (χ1v) is 10.4. The number of carbonyl (C=O) groups excluding carboxylic acids is 1. The molecule has 5 nitrogen and oxygen atoms in total. The second-order valence-electron chi connectivity index (χ2n) is 5.28. The van der Waals surface area contributed by atoms with Crippen LogP contribution in [0.3, 0.4) is 0 Å². The molecule has 0 spiro atoms. The van der Waals surface area contributed by atoms with Crippen LogP contribution in [0.15, 0.2) is 29.3 Å². The summed E-state index contributed by atoms with van der Waals surface area (Å²) in [6.45, 7) is 4.90. The van der Waals surface area contributed by atoms with Gasteiger partial charge in [-0.2, -0.15) is 0 Å². The van der Waals surface area contributed by atoms with Gasteiger partial charge in [0.05, 0.1) is 11.8 Å². The van der Waals surface area contributed by atoms with Gasteiger partial charge in [-0.3, -0.25) is 15.1 Å². The van der Waals surface area contributed by atoms with Crippen molar-refractivity contribution in [3.05, 3.63) is 29.8 Å². The van der Waals surface area contributed by atoms with Crippen molar-refractivity contribution in [1.29, 1.82) is 0 Å². The van der Waals surface area contributed by atoms with E-state index in [-0.39, 0.29) is 11.2 Å². The summed E-state index contributed by atoms with van der Waals surface area (Å²) in [6.07, 6.45) is 0.750. The molecule has 2 aromatic rings. The van der Waals surface area contributed by atoms with E-state index in [1.807, 2.05) is 32.0 Å². The molecule has 1 aliphatic heterocycles. The number of benzene rings is 1. The highest BCUT2D eigenvalue weighted by atomic mass is 32.2. The second kappa shape index (κ2) is 8.13. The highest BCUT2D eigenvalue weighted by Gasteiger charge is 2.22. The topological polar surface area (TPSA) is 67.2 Å². The molecule has 0 radical (unpaired) electrons. The van der Waals surface area contributed by atoms with Crippen LogP contribution in [-0.4, -0.2) is 38.0 Å². The Morgan fingerprint density at radius 3 is 3.00 bits per heavy atom. The lowest BCUT2D eigenvalue weighted by atomic mass is 10.1. The minimum absolute atomic E-state index is 0.0374. The maximum absolute atomic E-state index is 12.5. The van der Waals surface area contributed by atoms with E-state index in [1.54, 1.807) is 23.5 Å². The molecule has 1 aromatic heterocycles. The predicted molar refractivity (Wildman–Crippen MR) is 105 cm³/mol.